The molecule has 6 fully saturated rings. The van der Waals surface area contributed by atoms with E-state index in [4.69, 9.17) is 21.1 Å². The second kappa shape index (κ2) is 14.2. The number of halogens is 1. The van der Waals surface area contributed by atoms with Crippen LogP contribution in [0.3, 0.4) is 0 Å². The Kier molecular flexibility index (Phi) is 9.90. The average Bonchev–Trinajstić information content (AvgIpc) is 3.48. The highest BCUT2D eigenvalue weighted by atomic mass is 35.5. The monoisotopic (exact) mass is 750 g/mol. The molecule has 2 amide bonds. The lowest BCUT2D eigenvalue weighted by Gasteiger charge is -2.57. The molecular formula is C41H55ClN4O5S. The summed E-state index contributed by atoms with van der Waals surface area (Å²) >= 11 is 8.21. The van der Waals surface area contributed by atoms with Gasteiger partial charge in [0.15, 0.2) is 11.5 Å². The first-order valence-electron chi connectivity index (χ1n) is 19.7. The minimum absolute atomic E-state index is 0.104. The zero-order valence-electron chi connectivity index (χ0n) is 31.3. The van der Waals surface area contributed by atoms with Gasteiger partial charge in [0.1, 0.15) is 0 Å². The maximum atomic E-state index is 13.5. The Morgan fingerprint density at radius 2 is 1.60 bits per heavy atom. The van der Waals surface area contributed by atoms with Gasteiger partial charge in [-0.1, -0.05) is 11.6 Å². The number of rotatable bonds is 9. The van der Waals surface area contributed by atoms with Gasteiger partial charge in [0.2, 0.25) is 5.91 Å². The first-order valence-corrected chi connectivity index (χ1v) is 21.3. The molecule has 0 radical (unpaired) electrons. The number of aromatic nitrogens is 1. The molecule has 9 nitrogen and oxygen atoms in total. The topological polar surface area (TPSA) is 104 Å². The van der Waals surface area contributed by atoms with E-state index < -0.39 is 5.79 Å². The lowest BCUT2D eigenvalue weighted by atomic mass is 9.49. The van der Waals surface area contributed by atoms with Crippen molar-refractivity contribution in [3.8, 4) is 11.5 Å². The van der Waals surface area contributed by atoms with E-state index in [1.807, 2.05) is 33.1 Å². The standard InChI is InChI=1S/C41H55ClN4O5S/c1-24-13-34(52-4)32(39(49)44-24)22-43-38(48)31-17-33(42)37-36(25(31)2)50-40(3,51-37)30-7-5-26(6-8-30)23-45-9-11-46(12-10-45)35(47)21-41-18-27-14-28(19-41)16-29(15-27)20-41/h13,17,26-30H,5-12,14-16,18-23H2,1-4H3,(H,43,48)(H,44,49). The van der Waals surface area contributed by atoms with E-state index in [1.165, 1.54) is 50.3 Å². The Hall–Kier alpha value is -2.69. The molecule has 0 spiro atoms. The minimum Gasteiger partial charge on any atom is -0.448 e. The number of pyridine rings is 1. The molecule has 1 unspecified atom stereocenters. The summed E-state index contributed by atoms with van der Waals surface area (Å²) in [6.45, 7) is 10.6. The molecule has 1 aromatic heterocycles. The third kappa shape index (κ3) is 7.01. The Morgan fingerprint density at radius 1 is 0.962 bits per heavy atom. The van der Waals surface area contributed by atoms with E-state index in [9.17, 15) is 14.4 Å². The minimum atomic E-state index is -0.859. The van der Waals surface area contributed by atoms with Crippen LogP contribution in [-0.2, 0) is 11.3 Å². The van der Waals surface area contributed by atoms with Crippen LogP contribution in [0.15, 0.2) is 21.8 Å². The van der Waals surface area contributed by atoms with Crippen molar-refractivity contribution in [2.75, 3.05) is 39.0 Å². The number of H-pyrrole nitrogens is 1. The molecule has 1 saturated heterocycles. The van der Waals surface area contributed by atoms with Crippen molar-refractivity contribution in [1.82, 2.24) is 20.1 Å². The summed E-state index contributed by atoms with van der Waals surface area (Å²) in [4.78, 5) is 48.0. The van der Waals surface area contributed by atoms with Crippen LogP contribution >= 0.6 is 23.4 Å². The third-order valence-corrected chi connectivity index (χ3v) is 14.8. The van der Waals surface area contributed by atoms with E-state index in [2.05, 4.69) is 20.1 Å². The van der Waals surface area contributed by atoms with E-state index in [0.29, 0.717) is 50.5 Å². The Labute approximate surface area is 317 Å². The number of piperazine rings is 1. The first kappa shape index (κ1) is 36.3. The molecule has 3 heterocycles. The van der Waals surface area contributed by atoms with Crippen LogP contribution < -0.4 is 20.3 Å². The summed E-state index contributed by atoms with van der Waals surface area (Å²) in [6, 6.07) is 3.56. The highest BCUT2D eigenvalue weighted by molar-refractivity contribution is 7.98. The van der Waals surface area contributed by atoms with Crippen LogP contribution in [0.4, 0.5) is 0 Å². The van der Waals surface area contributed by atoms with Crippen LogP contribution in [0.2, 0.25) is 5.02 Å². The number of aryl methyl sites for hydroxylation is 1. The van der Waals surface area contributed by atoms with Gasteiger partial charge < -0.3 is 24.7 Å². The molecule has 2 aliphatic heterocycles. The SMILES string of the molecule is CSc1cc(C)[nH]c(=O)c1CNC(=O)c1cc(Cl)c2c(c1C)OC(C)(C1CCC(CN3CCN(C(=O)CC45CC6CC(CC(C6)C4)C5)CC3)CC1)O2. The number of nitrogens with zero attached hydrogens (tertiary/aromatic N) is 2. The summed E-state index contributed by atoms with van der Waals surface area (Å²) in [6.07, 6.45) is 15.1. The maximum absolute atomic E-state index is 13.5. The first-order chi connectivity index (χ1) is 24.9. The number of fused-ring (bicyclic) bond motifs is 1. The second-order valence-electron chi connectivity index (χ2n) is 17.4. The van der Waals surface area contributed by atoms with Crippen molar-refractivity contribution in [1.29, 1.82) is 0 Å². The van der Waals surface area contributed by atoms with Crippen LogP contribution in [0.1, 0.15) is 105 Å². The fourth-order valence-electron chi connectivity index (χ4n) is 11.4. The summed E-state index contributed by atoms with van der Waals surface area (Å²) in [7, 11) is 0. The van der Waals surface area contributed by atoms with Crippen LogP contribution in [0, 0.1) is 48.9 Å². The van der Waals surface area contributed by atoms with Gasteiger partial charge in [-0.05, 0) is 126 Å². The zero-order chi connectivity index (χ0) is 36.4. The van der Waals surface area contributed by atoms with Gasteiger partial charge in [0, 0.05) is 85.8 Å². The van der Waals surface area contributed by atoms with E-state index in [1.54, 1.807) is 6.07 Å². The molecule has 52 heavy (non-hydrogen) atoms. The number of carbonyl (C=O) groups is 2. The zero-order valence-corrected chi connectivity index (χ0v) is 32.9. The van der Waals surface area contributed by atoms with E-state index in [-0.39, 0.29) is 23.9 Å². The van der Waals surface area contributed by atoms with Crippen molar-refractivity contribution >= 4 is 35.2 Å². The Bertz CT molecular complexity index is 1750. The summed E-state index contributed by atoms with van der Waals surface area (Å²) < 4.78 is 13.1. The van der Waals surface area contributed by atoms with Crippen molar-refractivity contribution < 1.29 is 19.1 Å². The highest BCUT2D eigenvalue weighted by Crippen LogP contribution is 2.61. The van der Waals surface area contributed by atoms with Gasteiger partial charge in [-0.15, -0.1) is 11.8 Å². The van der Waals surface area contributed by atoms with Gasteiger partial charge in [-0.25, -0.2) is 0 Å². The molecule has 1 atom stereocenters. The molecule has 5 saturated carbocycles. The Balaban J connectivity index is 0.820. The number of benzene rings is 1. The third-order valence-electron chi connectivity index (χ3n) is 13.7. The van der Waals surface area contributed by atoms with Gasteiger partial charge in [-0.2, -0.15) is 0 Å². The fourth-order valence-corrected chi connectivity index (χ4v) is 12.3. The van der Waals surface area contributed by atoms with Crippen molar-refractivity contribution in [2.45, 2.75) is 109 Å². The highest BCUT2D eigenvalue weighted by Gasteiger charge is 2.52. The second-order valence-corrected chi connectivity index (χ2v) is 18.7. The smallest absolute Gasteiger partial charge is 0.254 e. The molecular weight excluding hydrogens is 696 g/mol. The van der Waals surface area contributed by atoms with Crippen LogP contribution in [-0.4, -0.2) is 71.4 Å². The molecule has 4 bridgehead atoms. The number of thioether (sulfide) groups is 1. The largest absolute Gasteiger partial charge is 0.448 e. The van der Waals surface area contributed by atoms with Crippen molar-refractivity contribution in [2.24, 2.45) is 35.0 Å². The van der Waals surface area contributed by atoms with Crippen molar-refractivity contribution in [3.05, 3.63) is 49.9 Å². The molecule has 1 aromatic carbocycles. The molecule has 11 heteroatoms. The fraction of sp³-hybridized carbons (Fsp3) is 0.683. The Morgan fingerprint density at radius 3 is 2.23 bits per heavy atom. The van der Waals surface area contributed by atoms with Crippen molar-refractivity contribution in [3.63, 3.8) is 0 Å². The maximum Gasteiger partial charge on any atom is 0.254 e. The number of amides is 2. The number of ether oxygens (including phenoxy) is 2. The predicted octanol–water partition coefficient (Wildman–Crippen LogP) is 7.34. The van der Waals surface area contributed by atoms with E-state index >= 15 is 0 Å². The molecule has 282 valence electrons. The van der Waals surface area contributed by atoms with Crippen LogP contribution in [0.5, 0.6) is 11.5 Å². The molecule has 5 aliphatic carbocycles. The average molecular weight is 751 g/mol. The van der Waals surface area contributed by atoms with E-state index in [0.717, 1.165) is 93.2 Å². The van der Waals surface area contributed by atoms with Gasteiger partial charge in [0.05, 0.1) is 5.02 Å². The number of nitrogens with one attached hydrogen (secondary N) is 2. The molecule has 9 rings (SSSR count). The van der Waals surface area contributed by atoms with Gasteiger partial charge in [-0.3, -0.25) is 19.3 Å². The lowest BCUT2D eigenvalue weighted by molar-refractivity contribution is -0.141. The number of hydrogen-bond donors (Lipinski definition) is 2. The van der Waals surface area contributed by atoms with Gasteiger partial charge >= 0.3 is 0 Å². The van der Waals surface area contributed by atoms with Crippen LogP contribution in [0.25, 0.3) is 0 Å². The van der Waals surface area contributed by atoms with Gasteiger partial charge in [0.25, 0.3) is 17.3 Å². The molecule has 2 aromatic rings. The molecule has 2 N–H and O–H groups in total. The number of aromatic amines is 1. The summed E-state index contributed by atoms with van der Waals surface area (Å²) in [5, 5.41) is 3.26. The lowest BCUT2D eigenvalue weighted by Crippen LogP contribution is -2.53. The summed E-state index contributed by atoms with van der Waals surface area (Å²) in [5.41, 5.74) is 2.50. The predicted molar refractivity (Wildman–Crippen MR) is 204 cm³/mol. The molecule has 7 aliphatic rings. The normalized spacial score (nSPS) is 32.3. The quantitative estimate of drug-likeness (QED) is 0.259. The number of hydrogen-bond acceptors (Lipinski definition) is 7. The summed E-state index contributed by atoms with van der Waals surface area (Å²) in [5.74, 6) is 3.74. The number of carbonyl (C=O) groups excluding carboxylic acids is 2.